The largest absolute Gasteiger partial charge is 0.372 e. The van der Waals surface area contributed by atoms with E-state index in [9.17, 15) is 4.79 Å². The van der Waals surface area contributed by atoms with Crippen LogP contribution in [0, 0.1) is 0 Å². The Hall–Kier alpha value is -1.10. The van der Waals surface area contributed by atoms with Gasteiger partial charge in [-0.2, -0.15) is 0 Å². The number of nitrogens with zero attached hydrogens (tertiary/aromatic N) is 1. The van der Waals surface area contributed by atoms with E-state index in [0.717, 1.165) is 5.84 Å². The maximum Gasteiger partial charge on any atom is 0.219 e. The molecule has 0 unspecified atom stereocenters. The van der Waals surface area contributed by atoms with Crippen molar-refractivity contribution in [3.8, 4) is 0 Å². The van der Waals surface area contributed by atoms with Gasteiger partial charge in [-0.05, 0) is 0 Å². The van der Waals surface area contributed by atoms with E-state index in [1.54, 1.807) is 0 Å². The first-order chi connectivity index (χ1) is 5.79. The van der Waals surface area contributed by atoms with Gasteiger partial charge in [0.1, 0.15) is 12.4 Å². The SMILES string of the molecule is NC(=O)CCNC1=NCCOC1. The number of nitrogens with one attached hydrogen (secondary N) is 1. The van der Waals surface area contributed by atoms with Gasteiger partial charge in [-0.1, -0.05) is 0 Å². The van der Waals surface area contributed by atoms with Crippen LogP contribution in [-0.4, -0.2) is 38.0 Å². The Kier molecular flexibility index (Phi) is 3.53. The summed E-state index contributed by atoms with van der Waals surface area (Å²) in [6.45, 7) is 2.43. The molecule has 1 aliphatic rings. The van der Waals surface area contributed by atoms with E-state index < -0.39 is 0 Å². The molecule has 0 radical (unpaired) electrons. The van der Waals surface area contributed by atoms with Crippen molar-refractivity contribution in [2.45, 2.75) is 6.42 Å². The third-order valence-corrected chi connectivity index (χ3v) is 1.48. The average Bonchev–Trinajstić information content (AvgIpc) is 2.05. The van der Waals surface area contributed by atoms with Crippen molar-refractivity contribution in [2.24, 2.45) is 10.7 Å². The van der Waals surface area contributed by atoms with Gasteiger partial charge in [-0.3, -0.25) is 9.79 Å². The molecule has 1 amide bonds. The number of hydrogen-bond acceptors (Lipinski definition) is 4. The van der Waals surface area contributed by atoms with Gasteiger partial charge in [0.15, 0.2) is 0 Å². The monoisotopic (exact) mass is 171 g/mol. The van der Waals surface area contributed by atoms with Gasteiger partial charge in [0.25, 0.3) is 0 Å². The molecule has 0 aromatic carbocycles. The lowest BCUT2D eigenvalue weighted by Crippen LogP contribution is -2.34. The van der Waals surface area contributed by atoms with Crippen molar-refractivity contribution >= 4 is 11.7 Å². The first-order valence-electron chi connectivity index (χ1n) is 3.92. The molecule has 5 heteroatoms. The Morgan fingerprint density at radius 3 is 3.17 bits per heavy atom. The summed E-state index contributed by atoms with van der Waals surface area (Å²) in [5.74, 6) is 0.502. The Labute approximate surface area is 71.0 Å². The lowest BCUT2D eigenvalue weighted by molar-refractivity contribution is -0.117. The first-order valence-corrected chi connectivity index (χ1v) is 3.92. The molecule has 68 valence electrons. The number of primary amides is 1. The van der Waals surface area contributed by atoms with Crippen molar-refractivity contribution in [3.05, 3.63) is 0 Å². The van der Waals surface area contributed by atoms with E-state index in [1.807, 2.05) is 0 Å². The highest BCUT2D eigenvalue weighted by Gasteiger charge is 2.03. The summed E-state index contributed by atoms with van der Waals surface area (Å²) in [5.41, 5.74) is 4.96. The fourth-order valence-corrected chi connectivity index (χ4v) is 0.897. The standard InChI is InChI=1S/C7H13N3O2/c8-6(11)1-2-9-7-5-12-4-3-10-7/h1-5H2,(H2,8,11)(H,9,10). The molecule has 1 aliphatic heterocycles. The van der Waals surface area contributed by atoms with Crippen LogP contribution in [0.5, 0.6) is 0 Å². The van der Waals surface area contributed by atoms with Crippen molar-refractivity contribution < 1.29 is 9.53 Å². The minimum Gasteiger partial charge on any atom is -0.372 e. The maximum absolute atomic E-state index is 10.4. The van der Waals surface area contributed by atoms with Crippen LogP contribution in [0.15, 0.2) is 4.99 Å². The number of amidine groups is 1. The molecule has 0 bridgehead atoms. The molecular formula is C7H13N3O2. The van der Waals surface area contributed by atoms with Gasteiger partial charge in [0, 0.05) is 13.0 Å². The fourth-order valence-electron chi connectivity index (χ4n) is 0.897. The summed E-state index contributed by atoms with van der Waals surface area (Å²) < 4.78 is 5.13. The molecule has 0 saturated carbocycles. The Balaban J connectivity index is 2.13. The van der Waals surface area contributed by atoms with E-state index in [2.05, 4.69) is 10.3 Å². The van der Waals surface area contributed by atoms with E-state index in [4.69, 9.17) is 10.5 Å². The topological polar surface area (TPSA) is 76.7 Å². The summed E-state index contributed by atoms with van der Waals surface area (Å²) in [4.78, 5) is 14.5. The van der Waals surface area contributed by atoms with Crippen LogP contribution >= 0.6 is 0 Å². The normalized spacial score (nSPS) is 16.8. The lowest BCUT2D eigenvalue weighted by Gasteiger charge is -2.13. The van der Waals surface area contributed by atoms with Gasteiger partial charge in [0.2, 0.25) is 5.91 Å². The van der Waals surface area contributed by atoms with Crippen LogP contribution in [0.25, 0.3) is 0 Å². The first kappa shape index (κ1) is 8.99. The van der Waals surface area contributed by atoms with Gasteiger partial charge in [-0.15, -0.1) is 0 Å². The molecule has 1 heterocycles. The van der Waals surface area contributed by atoms with Gasteiger partial charge in [0.05, 0.1) is 13.2 Å². The molecule has 1 rings (SSSR count). The Bertz CT molecular complexity index is 191. The zero-order valence-corrected chi connectivity index (χ0v) is 6.88. The molecule has 0 fully saturated rings. The number of carbonyl (C=O) groups is 1. The second-order valence-corrected chi connectivity index (χ2v) is 2.52. The third kappa shape index (κ3) is 3.34. The van der Waals surface area contributed by atoms with E-state index in [0.29, 0.717) is 32.7 Å². The number of hydrogen-bond donors (Lipinski definition) is 2. The van der Waals surface area contributed by atoms with Gasteiger partial charge >= 0.3 is 0 Å². The number of nitrogens with two attached hydrogens (primary N) is 1. The van der Waals surface area contributed by atoms with Crippen molar-refractivity contribution in [1.82, 2.24) is 5.32 Å². The molecule has 0 aromatic heterocycles. The van der Waals surface area contributed by atoms with E-state index in [-0.39, 0.29) is 5.91 Å². The maximum atomic E-state index is 10.4. The Morgan fingerprint density at radius 1 is 1.75 bits per heavy atom. The smallest absolute Gasteiger partial charge is 0.219 e. The molecule has 0 spiro atoms. The van der Waals surface area contributed by atoms with Crippen LogP contribution in [0.4, 0.5) is 0 Å². The fraction of sp³-hybridized carbons (Fsp3) is 0.714. The van der Waals surface area contributed by atoms with Crippen LogP contribution in [0.3, 0.4) is 0 Å². The molecule has 0 aromatic rings. The van der Waals surface area contributed by atoms with Crippen LogP contribution < -0.4 is 11.1 Å². The molecule has 0 saturated heterocycles. The Morgan fingerprint density at radius 2 is 2.58 bits per heavy atom. The highest BCUT2D eigenvalue weighted by molar-refractivity contribution is 5.84. The number of amides is 1. The van der Waals surface area contributed by atoms with Gasteiger partial charge < -0.3 is 15.8 Å². The predicted octanol–water partition coefficient (Wildman–Crippen LogP) is -1.12. The second-order valence-electron chi connectivity index (χ2n) is 2.52. The molecular weight excluding hydrogens is 158 g/mol. The molecule has 0 aliphatic carbocycles. The summed E-state index contributed by atoms with van der Waals surface area (Å²) in [7, 11) is 0. The highest BCUT2D eigenvalue weighted by atomic mass is 16.5. The van der Waals surface area contributed by atoms with Crippen molar-refractivity contribution in [2.75, 3.05) is 26.3 Å². The minimum atomic E-state index is -0.306. The van der Waals surface area contributed by atoms with E-state index >= 15 is 0 Å². The lowest BCUT2D eigenvalue weighted by atomic mass is 10.4. The molecule has 3 N–H and O–H groups in total. The zero-order valence-electron chi connectivity index (χ0n) is 6.88. The van der Waals surface area contributed by atoms with E-state index in [1.165, 1.54) is 0 Å². The van der Waals surface area contributed by atoms with Crippen LogP contribution in [0.1, 0.15) is 6.42 Å². The van der Waals surface area contributed by atoms with Crippen molar-refractivity contribution in [1.29, 1.82) is 0 Å². The third-order valence-electron chi connectivity index (χ3n) is 1.48. The number of rotatable bonds is 3. The summed E-state index contributed by atoms with van der Waals surface area (Å²) >= 11 is 0. The molecule has 12 heavy (non-hydrogen) atoms. The highest BCUT2D eigenvalue weighted by Crippen LogP contribution is 1.88. The van der Waals surface area contributed by atoms with Crippen LogP contribution in [0.2, 0.25) is 0 Å². The molecule has 0 atom stereocenters. The predicted molar refractivity (Wildman–Crippen MR) is 44.9 cm³/mol. The second kappa shape index (κ2) is 4.71. The quantitative estimate of drug-likeness (QED) is 0.564. The molecule has 5 nitrogen and oxygen atoms in total. The summed E-state index contributed by atoms with van der Waals surface area (Å²) in [6, 6.07) is 0. The van der Waals surface area contributed by atoms with Crippen molar-refractivity contribution in [3.63, 3.8) is 0 Å². The minimum absolute atomic E-state index is 0.306. The summed E-state index contributed by atoms with van der Waals surface area (Å²) in [5, 5.41) is 2.98. The zero-order chi connectivity index (χ0) is 8.81. The number of aliphatic imine (C=N–C) groups is 1. The van der Waals surface area contributed by atoms with Crippen LogP contribution in [-0.2, 0) is 9.53 Å². The number of ether oxygens (including phenoxy) is 1. The summed E-state index contributed by atoms with van der Waals surface area (Å²) in [6.07, 6.45) is 0.332. The van der Waals surface area contributed by atoms with Gasteiger partial charge in [-0.25, -0.2) is 0 Å². The average molecular weight is 171 g/mol. The number of carbonyl (C=O) groups excluding carboxylic acids is 1.